The van der Waals surface area contributed by atoms with Crippen LogP contribution in [0.3, 0.4) is 0 Å². The van der Waals surface area contributed by atoms with E-state index in [1.165, 1.54) is 0 Å². The molecule has 0 N–H and O–H groups in total. The van der Waals surface area contributed by atoms with Crippen LogP contribution >= 0.6 is 0 Å². The second-order valence-electron chi connectivity index (χ2n) is 3.55. The molecule has 0 fully saturated rings. The molecule has 0 radical (unpaired) electrons. The Kier molecular flexibility index (Phi) is 1.27. The second-order valence-corrected chi connectivity index (χ2v) is 11.0. The molecule has 1 heteroatoms. The number of hydrogen-bond acceptors (Lipinski definition) is 0. The van der Waals surface area contributed by atoms with Crippen molar-refractivity contribution >= 4 is 30.5 Å². The van der Waals surface area contributed by atoms with Crippen molar-refractivity contribution in [3.05, 3.63) is 90.6 Å². The molecule has 0 bridgehead atoms. The van der Waals surface area contributed by atoms with Crippen molar-refractivity contribution in [1.82, 2.24) is 0 Å². The van der Waals surface area contributed by atoms with Gasteiger partial charge in [-0.05, 0) is 0 Å². The van der Waals surface area contributed by atoms with Crippen molar-refractivity contribution < 1.29 is 20.6 Å². The third kappa shape index (κ3) is 2.90. The van der Waals surface area contributed by atoms with Gasteiger partial charge in [0.05, 0.1) is 0 Å². The molecular formula is C18H16Sn. The minimum atomic E-state index is -4.90. The molecular weight excluding hydrogens is 335 g/mol. The summed E-state index contributed by atoms with van der Waals surface area (Å²) in [4.78, 5) is 0. The quantitative estimate of drug-likeness (QED) is 0.622. The van der Waals surface area contributed by atoms with Gasteiger partial charge in [0.2, 0.25) is 0 Å². The van der Waals surface area contributed by atoms with Crippen molar-refractivity contribution in [2.45, 2.75) is 0 Å². The van der Waals surface area contributed by atoms with Crippen LogP contribution in [0, 0.1) is 0 Å². The zero-order valence-electron chi connectivity index (χ0n) is 24.6. The topological polar surface area (TPSA) is 0 Å². The van der Waals surface area contributed by atoms with E-state index in [9.17, 15) is 0 Å². The van der Waals surface area contributed by atoms with E-state index in [-0.39, 0.29) is 10.7 Å². The SMILES string of the molecule is [2H]c1c([2H])c([2H])[c]([SnH]([c]2c([2H])c([2H])c([2H])c([2H])c2[2H])[c]2c([2H])c([2H])c([2H])c([2H])c2[2H])c([2H])c1[2H]. The molecule has 0 aromatic heterocycles. The molecule has 3 aromatic rings. The molecule has 0 spiro atoms. The van der Waals surface area contributed by atoms with Gasteiger partial charge in [-0.2, -0.15) is 0 Å². The summed E-state index contributed by atoms with van der Waals surface area (Å²) in [6, 6.07) is -10.8. The Morgan fingerprint density at radius 1 is 0.474 bits per heavy atom. The summed E-state index contributed by atoms with van der Waals surface area (Å²) in [5.74, 6) is 0. The van der Waals surface area contributed by atoms with E-state index in [2.05, 4.69) is 0 Å². The van der Waals surface area contributed by atoms with Gasteiger partial charge in [-0.25, -0.2) is 0 Å². The number of benzene rings is 3. The van der Waals surface area contributed by atoms with E-state index >= 15 is 0 Å². The Morgan fingerprint density at radius 3 is 1.00 bits per heavy atom. The second kappa shape index (κ2) is 6.07. The summed E-state index contributed by atoms with van der Waals surface area (Å²) in [7, 11) is 0. The molecule has 0 atom stereocenters. The molecule has 0 unspecified atom stereocenters. The molecule has 3 rings (SSSR count). The van der Waals surface area contributed by atoms with E-state index in [1.54, 1.807) is 0 Å². The first kappa shape index (κ1) is 3.98. The van der Waals surface area contributed by atoms with Gasteiger partial charge in [0.1, 0.15) is 0 Å². The number of hydrogen-bond donors (Lipinski definition) is 0. The standard InChI is InChI=1S/3C6H5.Sn.H/c3*1-2-4-6-5-3-1;;/h3*1-5H;;/i3*1D,2D,3D,4D,5D;;. The van der Waals surface area contributed by atoms with Gasteiger partial charge < -0.3 is 0 Å². The summed E-state index contributed by atoms with van der Waals surface area (Å²) in [6.45, 7) is 0. The normalized spacial score (nSPS) is 21.6. The van der Waals surface area contributed by atoms with Crippen LogP contribution in [0.15, 0.2) is 90.6 Å². The van der Waals surface area contributed by atoms with E-state index in [0.29, 0.717) is 0 Å². The zero-order valence-corrected chi connectivity index (χ0v) is 12.9. The van der Waals surface area contributed by atoms with Gasteiger partial charge in [-0.1, -0.05) is 0 Å². The van der Waals surface area contributed by atoms with Crippen LogP contribution < -0.4 is 10.7 Å². The molecule has 19 heavy (non-hydrogen) atoms. The van der Waals surface area contributed by atoms with Gasteiger partial charge in [0.25, 0.3) is 0 Å². The van der Waals surface area contributed by atoms with Crippen molar-refractivity contribution in [3.8, 4) is 0 Å². The maximum absolute atomic E-state index is 8.42. The predicted octanol–water partition coefficient (Wildman–Crippen LogP) is 1.94. The van der Waals surface area contributed by atoms with Crippen LogP contribution in [0.25, 0.3) is 0 Å². The first-order chi connectivity index (χ1) is 15.7. The molecule has 92 valence electrons. The average molecular weight is 366 g/mol. The Bertz CT molecular complexity index is 1110. The summed E-state index contributed by atoms with van der Waals surface area (Å²) in [6.07, 6.45) is 0. The fourth-order valence-electron chi connectivity index (χ4n) is 1.65. The molecule has 0 saturated carbocycles. The molecule has 0 heterocycles. The van der Waals surface area contributed by atoms with Crippen molar-refractivity contribution in [2.75, 3.05) is 0 Å². The third-order valence-corrected chi connectivity index (χ3v) is 9.84. The van der Waals surface area contributed by atoms with E-state index < -0.39 is 110 Å². The van der Waals surface area contributed by atoms with Crippen LogP contribution in [-0.2, 0) is 0 Å². The Morgan fingerprint density at radius 2 is 0.737 bits per heavy atom. The third-order valence-electron chi connectivity index (χ3n) is 2.42. The Hall–Kier alpha value is -1.54. The van der Waals surface area contributed by atoms with E-state index in [0.717, 1.165) is 0 Å². The van der Waals surface area contributed by atoms with Crippen molar-refractivity contribution in [2.24, 2.45) is 0 Å². The maximum atomic E-state index is 8.42. The minimum absolute atomic E-state index is 0.370. The molecule has 3 aromatic carbocycles. The fraction of sp³-hybridized carbons (Fsp3) is 0. The molecule has 0 aliphatic rings. The number of rotatable bonds is 3. The van der Waals surface area contributed by atoms with Crippen LogP contribution in [0.4, 0.5) is 0 Å². The summed E-state index contributed by atoms with van der Waals surface area (Å²) < 4.78 is 121. The zero-order chi connectivity index (χ0) is 26.0. The monoisotopic (exact) mass is 367 g/mol. The molecule has 0 nitrogen and oxygen atoms in total. The van der Waals surface area contributed by atoms with Crippen molar-refractivity contribution in [1.29, 1.82) is 0 Å². The Balaban J connectivity index is 2.68. The molecule has 0 saturated heterocycles. The summed E-state index contributed by atoms with van der Waals surface area (Å²) in [5, 5.41) is 0. The summed E-state index contributed by atoms with van der Waals surface area (Å²) >= 11 is -4.90. The van der Waals surface area contributed by atoms with Gasteiger partial charge in [-0.3, -0.25) is 0 Å². The van der Waals surface area contributed by atoms with Crippen molar-refractivity contribution in [3.63, 3.8) is 0 Å². The molecule has 0 aliphatic heterocycles. The van der Waals surface area contributed by atoms with Crippen LogP contribution in [0.2, 0.25) is 0 Å². The van der Waals surface area contributed by atoms with Crippen LogP contribution in [0.1, 0.15) is 20.6 Å². The van der Waals surface area contributed by atoms with Gasteiger partial charge >= 0.3 is 142 Å². The van der Waals surface area contributed by atoms with E-state index in [1.807, 2.05) is 0 Å². The first-order valence-corrected chi connectivity index (χ1v) is 10.3. The molecule has 0 aliphatic carbocycles. The van der Waals surface area contributed by atoms with Crippen LogP contribution in [-0.4, -0.2) is 19.8 Å². The van der Waals surface area contributed by atoms with Crippen LogP contribution in [0.5, 0.6) is 0 Å². The van der Waals surface area contributed by atoms with Gasteiger partial charge in [0.15, 0.2) is 0 Å². The predicted molar refractivity (Wildman–Crippen MR) is 85.4 cm³/mol. The Labute approximate surface area is 142 Å². The first-order valence-electron chi connectivity index (χ1n) is 12.9. The van der Waals surface area contributed by atoms with E-state index in [4.69, 9.17) is 20.6 Å². The van der Waals surface area contributed by atoms with Gasteiger partial charge in [0, 0.05) is 0 Å². The summed E-state index contributed by atoms with van der Waals surface area (Å²) in [5.41, 5.74) is 0. The molecule has 0 amide bonds. The fourth-order valence-corrected chi connectivity index (χ4v) is 7.82. The van der Waals surface area contributed by atoms with Gasteiger partial charge in [-0.15, -0.1) is 0 Å². The average Bonchev–Trinajstić information content (AvgIpc) is 2.81.